The van der Waals surface area contributed by atoms with Gasteiger partial charge in [-0.2, -0.15) is 0 Å². The van der Waals surface area contributed by atoms with Crippen molar-refractivity contribution >= 4 is 0 Å². The fourth-order valence-corrected chi connectivity index (χ4v) is 3.00. The Morgan fingerprint density at radius 2 is 2.12 bits per heavy atom. The average molecular weight is 343 g/mol. The largest absolute Gasteiger partial charge is 0.490 e. The first-order valence-electron chi connectivity index (χ1n) is 9.05. The van der Waals surface area contributed by atoms with Crippen molar-refractivity contribution in [3.05, 3.63) is 42.5 Å². The van der Waals surface area contributed by atoms with E-state index in [4.69, 9.17) is 4.74 Å². The molecule has 25 heavy (non-hydrogen) atoms. The molecule has 1 atom stereocenters. The van der Waals surface area contributed by atoms with Crippen molar-refractivity contribution in [1.82, 2.24) is 14.9 Å². The van der Waals surface area contributed by atoms with Gasteiger partial charge >= 0.3 is 0 Å². The fourth-order valence-electron chi connectivity index (χ4n) is 3.00. The van der Waals surface area contributed by atoms with E-state index in [0.29, 0.717) is 19.1 Å². The number of hydrogen-bond acceptors (Lipinski definition) is 4. The minimum Gasteiger partial charge on any atom is -0.490 e. The van der Waals surface area contributed by atoms with Gasteiger partial charge in [0.2, 0.25) is 0 Å². The van der Waals surface area contributed by atoms with Crippen LogP contribution >= 0.6 is 0 Å². The van der Waals surface area contributed by atoms with Crippen LogP contribution < -0.4 is 4.74 Å². The third-order valence-corrected chi connectivity index (χ3v) is 4.81. The normalized spacial score (nSPS) is 17.3. The van der Waals surface area contributed by atoms with Crippen molar-refractivity contribution in [2.75, 3.05) is 26.9 Å². The maximum Gasteiger partial charge on any atom is 0.138 e. The number of alkyl halides is 1. The van der Waals surface area contributed by atoms with Gasteiger partial charge in [-0.05, 0) is 63.0 Å². The Kier molecular flexibility index (Phi) is 6.34. The van der Waals surface area contributed by atoms with Crippen LogP contribution in [0.5, 0.6) is 5.75 Å². The second kappa shape index (κ2) is 8.90. The lowest BCUT2D eigenvalue weighted by atomic mass is 10.1. The molecule has 4 nitrogen and oxygen atoms in total. The lowest BCUT2D eigenvalue weighted by molar-refractivity contribution is 0.0768. The predicted octanol–water partition coefficient (Wildman–Crippen LogP) is 3.91. The number of likely N-dealkylation sites (N-methyl/N-ethyl adjacent to an activating group) is 1. The Morgan fingerprint density at radius 1 is 1.20 bits per heavy atom. The van der Waals surface area contributed by atoms with Gasteiger partial charge in [-0.25, -0.2) is 0 Å². The lowest BCUT2D eigenvalue weighted by Gasteiger charge is -2.37. The van der Waals surface area contributed by atoms with E-state index >= 15 is 0 Å². The molecule has 0 N–H and O–H groups in total. The number of nitrogens with zero attached hydrogens (tertiary/aromatic N) is 3. The first kappa shape index (κ1) is 17.8. The van der Waals surface area contributed by atoms with Crippen LogP contribution in [0.25, 0.3) is 11.1 Å². The number of aryl methyl sites for hydroxylation is 1. The molecule has 1 fully saturated rings. The first-order chi connectivity index (χ1) is 12.3. The topological polar surface area (TPSA) is 38.2 Å². The van der Waals surface area contributed by atoms with Gasteiger partial charge in [0.15, 0.2) is 0 Å². The summed E-state index contributed by atoms with van der Waals surface area (Å²) in [6.45, 7) is 1.62. The number of aromatic nitrogens is 2. The quantitative estimate of drug-likeness (QED) is 0.647. The van der Waals surface area contributed by atoms with E-state index in [9.17, 15) is 4.39 Å². The van der Waals surface area contributed by atoms with Gasteiger partial charge in [0.05, 0.1) is 12.9 Å². The molecule has 2 aromatic heterocycles. The standard InChI is InChI=1S/C20H26FN3O/c1-24-10-7-19(24)15-25-20-12-17(13-22-14-20)16-6-9-23-18(11-16)5-3-2-4-8-21/h6,9,11-14,19H,2-5,7-8,10,15H2,1H3/t19-/m0/s1. The van der Waals surface area contributed by atoms with Gasteiger partial charge in [-0.3, -0.25) is 19.3 Å². The third-order valence-electron chi connectivity index (χ3n) is 4.81. The Balaban J connectivity index is 1.61. The van der Waals surface area contributed by atoms with E-state index < -0.39 is 0 Å². The molecule has 3 heterocycles. The number of unbranched alkanes of at least 4 members (excludes halogenated alkanes) is 2. The molecular formula is C20H26FN3O. The van der Waals surface area contributed by atoms with E-state index in [-0.39, 0.29) is 6.67 Å². The van der Waals surface area contributed by atoms with Crippen LogP contribution in [0.2, 0.25) is 0 Å². The van der Waals surface area contributed by atoms with Gasteiger partial charge < -0.3 is 4.74 Å². The molecule has 134 valence electrons. The Labute approximate surface area is 149 Å². The van der Waals surface area contributed by atoms with E-state index in [2.05, 4.69) is 28.0 Å². The number of halogens is 1. The van der Waals surface area contributed by atoms with Crippen LogP contribution in [0.15, 0.2) is 36.8 Å². The lowest BCUT2D eigenvalue weighted by Crippen LogP contribution is -2.48. The highest BCUT2D eigenvalue weighted by Crippen LogP contribution is 2.24. The van der Waals surface area contributed by atoms with E-state index in [1.165, 1.54) is 6.42 Å². The molecule has 1 aliphatic rings. The summed E-state index contributed by atoms with van der Waals surface area (Å²) in [5, 5.41) is 0. The van der Waals surface area contributed by atoms with E-state index in [0.717, 1.165) is 48.4 Å². The summed E-state index contributed by atoms with van der Waals surface area (Å²) >= 11 is 0. The van der Waals surface area contributed by atoms with Crippen LogP contribution in [0, 0.1) is 0 Å². The maximum absolute atomic E-state index is 12.2. The minimum atomic E-state index is -0.234. The van der Waals surface area contributed by atoms with Crippen molar-refractivity contribution in [2.45, 2.75) is 38.1 Å². The average Bonchev–Trinajstić information content (AvgIpc) is 2.65. The highest BCUT2D eigenvalue weighted by molar-refractivity contribution is 5.63. The second-order valence-corrected chi connectivity index (χ2v) is 6.68. The fraction of sp³-hybridized carbons (Fsp3) is 0.500. The summed E-state index contributed by atoms with van der Waals surface area (Å²) in [4.78, 5) is 11.0. The number of likely N-dealkylation sites (tertiary alicyclic amines) is 1. The van der Waals surface area contributed by atoms with Gasteiger partial charge in [-0.15, -0.1) is 0 Å². The van der Waals surface area contributed by atoms with E-state index in [1.807, 2.05) is 24.5 Å². The Morgan fingerprint density at radius 3 is 2.88 bits per heavy atom. The van der Waals surface area contributed by atoms with Crippen LogP contribution in [-0.2, 0) is 6.42 Å². The predicted molar refractivity (Wildman–Crippen MR) is 97.5 cm³/mol. The highest BCUT2D eigenvalue weighted by Gasteiger charge is 2.24. The summed E-state index contributed by atoms with van der Waals surface area (Å²) in [6.07, 6.45) is 10.0. The van der Waals surface area contributed by atoms with Gasteiger partial charge in [-0.1, -0.05) is 6.42 Å². The SMILES string of the molecule is CN1CC[C@H]1COc1cncc(-c2ccnc(CCCCCF)c2)c1. The minimum absolute atomic E-state index is 0.234. The number of pyridine rings is 2. The molecule has 0 amide bonds. The van der Waals surface area contributed by atoms with E-state index in [1.54, 1.807) is 6.20 Å². The molecule has 0 aliphatic carbocycles. The number of rotatable bonds is 9. The van der Waals surface area contributed by atoms with Crippen molar-refractivity contribution in [2.24, 2.45) is 0 Å². The first-order valence-corrected chi connectivity index (χ1v) is 9.05. The maximum atomic E-state index is 12.2. The molecule has 1 aliphatic heterocycles. The van der Waals surface area contributed by atoms with Crippen LogP contribution in [0.1, 0.15) is 31.4 Å². The zero-order valence-corrected chi connectivity index (χ0v) is 14.8. The van der Waals surface area contributed by atoms with Crippen molar-refractivity contribution in [3.63, 3.8) is 0 Å². The third kappa shape index (κ3) is 4.98. The Bertz CT molecular complexity index is 679. The van der Waals surface area contributed by atoms with Crippen LogP contribution in [0.3, 0.4) is 0 Å². The molecular weight excluding hydrogens is 317 g/mol. The number of hydrogen-bond donors (Lipinski definition) is 0. The van der Waals surface area contributed by atoms with Crippen LogP contribution in [-0.4, -0.2) is 47.8 Å². The van der Waals surface area contributed by atoms with Gasteiger partial charge in [0, 0.05) is 29.7 Å². The summed E-state index contributed by atoms with van der Waals surface area (Å²) in [7, 11) is 2.12. The summed E-state index contributed by atoms with van der Waals surface area (Å²) in [5.74, 6) is 0.805. The molecule has 0 spiro atoms. The Hall–Kier alpha value is -2.01. The molecule has 2 aromatic rings. The zero-order valence-electron chi connectivity index (χ0n) is 14.8. The van der Waals surface area contributed by atoms with Gasteiger partial charge in [0.1, 0.15) is 12.4 Å². The second-order valence-electron chi connectivity index (χ2n) is 6.68. The van der Waals surface area contributed by atoms with Crippen molar-refractivity contribution in [3.8, 4) is 16.9 Å². The zero-order chi connectivity index (χ0) is 17.5. The summed E-state index contributed by atoms with van der Waals surface area (Å²) in [5.41, 5.74) is 3.17. The molecule has 0 saturated carbocycles. The molecule has 5 heteroatoms. The summed E-state index contributed by atoms with van der Waals surface area (Å²) in [6, 6.07) is 6.63. The molecule has 0 radical (unpaired) electrons. The smallest absolute Gasteiger partial charge is 0.138 e. The monoisotopic (exact) mass is 343 g/mol. The van der Waals surface area contributed by atoms with Gasteiger partial charge in [0.25, 0.3) is 0 Å². The van der Waals surface area contributed by atoms with Crippen molar-refractivity contribution < 1.29 is 9.13 Å². The molecule has 1 saturated heterocycles. The summed E-state index contributed by atoms with van der Waals surface area (Å²) < 4.78 is 18.1. The molecule has 0 unspecified atom stereocenters. The number of ether oxygens (including phenoxy) is 1. The van der Waals surface area contributed by atoms with Crippen molar-refractivity contribution in [1.29, 1.82) is 0 Å². The highest BCUT2D eigenvalue weighted by atomic mass is 19.1. The molecule has 0 aromatic carbocycles. The molecule has 0 bridgehead atoms. The van der Waals surface area contributed by atoms with Crippen LogP contribution in [0.4, 0.5) is 4.39 Å². The molecule has 3 rings (SSSR count).